The first-order valence-electron chi connectivity index (χ1n) is 7.05. The van der Waals surface area contributed by atoms with Crippen molar-refractivity contribution in [3.63, 3.8) is 0 Å². The lowest BCUT2D eigenvalue weighted by Crippen LogP contribution is -2.30. The summed E-state index contributed by atoms with van der Waals surface area (Å²) in [5, 5.41) is 3.17. The summed E-state index contributed by atoms with van der Waals surface area (Å²) in [6.45, 7) is 7.35. The minimum Gasteiger partial charge on any atom is -0.492 e. The average molecular weight is 260 g/mol. The zero-order valence-corrected chi connectivity index (χ0v) is 11.8. The van der Waals surface area contributed by atoms with Gasteiger partial charge in [-0.25, -0.2) is 0 Å². The van der Waals surface area contributed by atoms with Gasteiger partial charge in [0.15, 0.2) is 0 Å². The maximum atomic E-state index is 5.93. The summed E-state index contributed by atoms with van der Waals surface area (Å²) in [4.78, 5) is 2.45. The molecule has 1 aromatic carbocycles. The van der Waals surface area contributed by atoms with Gasteiger partial charge in [-0.1, -0.05) is 24.3 Å². The topological polar surface area (TPSA) is 24.5 Å². The van der Waals surface area contributed by atoms with Crippen molar-refractivity contribution in [2.45, 2.75) is 25.4 Å². The van der Waals surface area contributed by atoms with E-state index in [1.54, 1.807) is 0 Å². The summed E-state index contributed by atoms with van der Waals surface area (Å²) in [5.41, 5.74) is 1.21. The summed E-state index contributed by atoms with van der Waals surface area (Å²) < 4.78 is 5.93. The molecule has 1 aliphatic carbocycles. The molecule has 0 atom stereocenters. The molecule has 0 aliphatic heterocycles. The Kier molecular flexibility index (Phi) is 5.43. The maximum Gasteiger partial charge on any atom is 0.123 e. The monoisotopic (exact) mass is 260 g/mol. The fourth-order valence-electron chi connectivity index (χ4n) is 2.28. The number of hydrogen-bond donors (Lipinski definition) is 1. The lowest BCUT2D eigenvalue weighted by atomic mass is 10.2. The Labute approximate surface area is 116 Å². The van der Waals surface area contributed by atoms with Gasteiger partial charge < -0.3 is 10.1 Å². The molecule has 1 fully saturated rings. The Hall–Kier alpha value is -1.32. The summed E-state index contributed by atoms with van der Waals surface area (Å²) in [6.07, 6.45) is 4.63. The Balaban J connectivity index is 1.82. The zero-order chi connectivity index (χ0) is 13.5. The first kappa shape index (κ1) is 14.1. The summed E-state index contributed by atoms with van der Waals surface area (Å²) in [6, 6.07) is 8.98. The van der Waals surface area contributed by atoms with E-state index >= 15 is 0 Å². The number of para-hydroxylation sites is 1. The third-order valence-electron chi connectivity index (χ3n) is 3.40. The fraction of sp³-hybridized carbons (Fsp3) is 0.500. The normalized spacial score (nSPS) is 14.6. The molecule has 0 aromatic heterocycles. The molecule has 0 spiro atoms. The van der Waals surface area contributed by atoms with Crippen LogP contribution in [0.1, 0.15) is 18.4 Å². The van der Waals surface area contributed by atoms with Crippen LogP contribution in [0.25, 0.3) is 0 Å². The van der Waals surface area contributed by atoms with E-state index in [1.165, 1.54) is 18.4 Å². The van der Waals surface area contributed by atoms with Crippen molar-refractivity contribution >= 4 is 0 Å². The van der Waals surface area contributed by atoms with Gasteiger partial charge in [-0.3, -0.25) is 4.90 Å². The first-order chi connectivity index (χ1) is 9.35. The number of hydrogen-bond acceptors (Lipinski definition) is 3. The summed E-state index contributed by atoms with van der Waals surface area (Å²) in [7, 11) is 1.95. The van der Waals surface area contributed by atoms with Crippen LogP contribution in [0.15, 0.2) is 36.9 Å². The van der Waals surface area contributed by atoms with E-state index in [0.29, 0.717) is 0 Å². The van der Waals surface area contributed by atoms with Crippen LogP contribution in [-0.4, -0.2) is 37.7 Å². The van der Waals surface area contributed by atoms with Crippen LogP contribution in [0.2, 0.25) is 0 Å². The van der Waals surface area contributed by atoms with Gasteiger partial charge in [0.1, 0.15) is 12.4 Å². The van der Waals surface area contributed by atoms with Gasteiger partial charge in [-0.15, -0.1) is 6.58 Å². The summed E-state index contributed by atoms with van der Waals surface area (Å²) >= 11 is 0. The van der Waals surface area contributed by atoms with Crippen LogP contribution in [0.4, 0.5) is 0 Å². The van der Waals surface area contributed by atoms with Gasteiger partial charge in [0.25, 0.3) is 0 Å². The van der Waals surface area contributed by atoms with E-state index in [4.69, 9.17) is 4.74 Å². The molecule has 0 bridgehead atoms. The summed E-state index contributed by atoms with van der Waals surface area (Å²) in [5.74, 6) is 0.992. The van der Waals surface area contributed by atoms with Crippen LogP contribution in [0.3, 0.4) is 0 Å². The first-order valence-corrected chi connectivity index (χ1v) is 7.05. The van der Waals surface area contributed by atoms with Crippen molar-refractivity contribution in [3.8, 4) is 5.75 Å². The van der Waals surface area contributed by atoms with Crippen LogP contribution in [0.5, 0.6) is 5.75 Å². The molecule has 1 N–H and O–H groups in total. The Bertz CT molecular complexity index is 401. The lowest BCUT2D eigenvalue weighted by Gasteiger charge is -2.20. The van der Waals surface area contributed by atoms with Crippen molar-refractivity contribution in [1.82, 2.24) is 10.2 Å². The van der Waals surface area contributed by atoms with Gasteiger partial charge in [0.2, 0.25) is 0 Å². The molecule has 2 rings (SSSR count). The molecule has 1 saturated carbocycles. The van der Waals surface area contributed by atoms with E-state index in [1.807, 2.05) is 31.3 Å². The van der Waals surface area contributed by atoms with Crippen molar-refractivity contribution in [3.05, 3.63) is 42.5 Å². The zero-order valence-electron chi connectivity index (χ0n) is 11.8. The maximum absolute atomic E-state index is 5.93. The fourth-order valence-corrected chi connectivity index (χ4v) is 2.28. The van der Waals surface area contributed by atoms with Crippen LogP contribution >= 0.6 is 0 Å². The third-order valence-corrected chi connectivity index (χ3v) is 3.40. The second-order valence-corrected chi connectivity index (χ2v) is 5.00. The highest BCUT2D eigenvalue weighted by atomic mass is 16.5. The molecule has 0 amide bonds. The minimum atomic E-state index is 0.741. The van der Waals surface area contributed by atoms with Gasteiger partial charge in [-0.2, -0.15) is 0 Å². The van der Waals surface area contributed by atoms with E-state index < -0.39 is 0 Å². The van der Waals surface area contributed by atoms with E-state index in [2.05, 4.69) is 22.9 Å². The molecule has 3 heteroatoms. The Morgan fingerprint density at radius 1 is 1.42 bits per heavy atom. The second kappa shape index (κ2) is 7.31. The molecular formula is C16H24N2O. The Morgan fingerprint density at radius 3 is 2.89 bits per heavy atom. The van der Waals surface area contributed by atoms with Crippen molar-refractivity contribution in [1.29, 1.82) is 0 Å². The van der Waals surface area contributed by atoms with Gasteiger partial charge in [0.05, 0.1) is 0 Å². The van der Waals surface area contributed by atoms with E-state index in [0.717, 1.165) is 38.0 Å². The number of nitrogens with zero attached hydrogens (tertiary/aromatic N) is 1. The van der Waals surface area contributed by atoms with Crippen LogP contribution < -0.4 is 10.1 Å². The predicted octanol–water partition coefficient (Wildman–Crippen LogP) is 2.44. The lowest BCUT2D eigenvalue weighted by molar-refractivity contribution is 0.215. The smallest absolute Gasteiger partial charge is 0.123 e. The van der Waals surface area contributed by atoms with Crippen LogP contribution in [-0.2, 0) is 6.54 Å². The van der Waals surface area contributed by atoms with Gasteiger partial charge in [0, 0.05) is 31.2 Å². The second-order valence-electron chi connectivity index (χ2n) is 5.00. The molecule has 0 saturated heterocycles. The average Bonchev–Trinajstić information content (AvgIpc) is 3.24. The van der Waals surface area contributed by atoms with Crippen LogP contribution in [0, 0.1) is 0 Å². The van der Waals surface area contributed by atoms with E-state index in [9.17, 15) is 0 Å². The molecule has 0 radical (unpaired) electrons. The number of nitrogens with one attached hydrogen (secondary N) is 1. The highest BCUT2D eigenvalue weighted by Gasteiger charge is 2.27. The molecule has 19 heavy (non-hydrogen) atoms. The number of benzene rings is 1. The minimum absolute atomic E-state index is 0.741. The highest BCUT2D eigenvalue weighted by molar-refractivity contribution is 5.33. The van der Waals surface area contributed by atoms with Gasteiger partial charge in [-0.05, 0) is 26.0 Å². The number of rotatable bonds is 9. The number of ether oxygens (including phenoxy) is 1. The van der Waals surface area contributed by atoms with E-state index in [-0.39, 0.29) is 0 Å². The molecule has 104 valence electrons. The third kappa shape index (κ3) is 4.37. The molecule has 3 nitrogen and oxygen atoms in total. The largest absolute Gasteiger partial charge is 0.492 e. The molecule has 0 unspecified atom stereocenters. The van der Waals surface area contributed by atoms with Crippen molar-refractivity contribution in [2.75, 3.05) is 26.7 Å². The Morgan fingerprint density at radius 2 is 2.21 bits per heavy atom. The SMILES string of the molecule is C=CCN(CCOc1ccccc1CNC)C1CC1. The molecule has 0 heterocycles. The van der Waals surface area contributed by atoms with Gasteiger partial charge >= 0.3 is 0 Å². The quantitative estimate of drug-likeness (QED) is 0.690. The van der Waals surface area contributed by atoms with Crippen molar-refractivity contribution in [2.24, 2.45) is 0 Å². The standard InChI is InChI=1S/C16H24N2O/c1-3-10-18(15-8-9-15)11-12-19-16-7-5-4-6-14(16)13-17-2/h3-7,15,17H,1,8-13H2,2H3. The predicted molar refractivity (Wildman–Crippen MR) is 79.5 cm³/mol. The molecular weight excluding hydrogens is 236 g/mol. The molecule has 1 aliphatic rings. The molecule has 1 aromatic rings. The van der Waals surface area contributed by atoms with Crippen molar-refractivity contribution < 1.29 is 4.74 Å². The highest BCUT2D eigenvalue weighted by Crippen LogP contribution is 2.26.